The van der Waals surface area contributed by atoms with Gasteiger partial charge < -0.3 is 20.6 Å². The molecular formula is C29H29ClF3N9O4. The van der Waals surface area contributed by atoms with Crippen molar-refractivity contribution in [3.63, 3.8) is 0 Å². The predicted octanol–water partition coefficient (Wildman–Crippen LogP) is 2.84. The molecule has 1 aliphatic carbocycles. The lowest BCUT2D eigenvalue weighted by Crippen LogP contribution is -2.51. The molecule has 242 valence electrons. The summed E-state index contributed by atoms with van der Waals surface area (Å²) in [4.78, 5) is 56.1. The number of aromatic hydroxyl groups is 1. The number of nitrogens with zero attached hydrogens (tertiary/aromatic N) is 8. The molecule has 1 aliphatic heterocycles. The minimum absolute atomic E-state index is 0.000273. The second-order valence-corrected chi connectivity index (χ2v) is 11.7. The van der Waals surface area contributed by atoms with E-state index in [-0.39, 0.29) is 77.7 Å². The average molecular weight is 660 g/mol. The molecule has 0 bridgehead atoms. The number of fused-ring (bicyclic) bond motifs is 1. The van der Waals surface area contributed by atoms with Crippen LogP contribution in [-0.2, 0) is 17.4 Å². The number of hydrogen-bond donors (Lipinski definition) is 2. The molecule has 4 heterocycles. The quantitative estimate of drug-likeness (QED) is 0.304. The first-order valence-corrected chi connectivity index (χ1v) is 14.9. The zero-order valence-corrected chi connectivity index (χ0v) is 25.5. The highest BCUT2D eigenvalue weighted by atomic mass is 35.5. The van der Waals surface area contributed by atoms with E-state index in [1.165, 1.54) is 15.8 Å². The Labute approximate surface area is 264 Å². The number of alkyl halides is 3. The first kappa shape index (κ1) is 31.3. The summed E-state index contributed by atoms with van der Waals surface area (Å²) in [7, 11) is 0. The number of amides is 2. The third-order valence-electron chi connectivity index (χ3n) is 8.30. The van der Waals surface area contributed by atoms with Gasteiger partial charge in [0.1, 0.15) is 18.1 Å². The summed E-state index contributed by atoms with van der Waals surface area (Å²) in [6.07, 6.45) is -1.64. The number of aryl methyl sites for hydroxylation is 1. The predicted molar refractivity (Wildman–Crippen MR) is 159 cm³/mol. The molecule has 1 aromatic carbocycles. The van der Waals surface area contributed by atoms with Crippen LogP contribution >= 0.6 is 11.6 Å². The highest BCUT2D eigenvalue weighted by molar-refractivity contribution is 6.31. The maximum Gasteiger partial charge on any atom is 0.416 e. The maximum atomic E-state index is 14.1. The summed E-state index contributed by atoms with van der Waals surface area (Å²) >= 11 is 6.37. The van der Waals surface area contributed by atoms with Gasteiger partial charge in [-0.05, 0) is 38.3 Å². The summed E-state index contributed by atoms with van der Waals surface area (Å²) in [5, 5.41) is 14.5. The van der Waals surface area contributed by atoms with Gasteiger partial charge in [0.2, 0.25) is 11.7 Å². The summed E-state index contributed by atoms with van der Waals surface area (Å²) in [5.41, 5.74) is 5.07. The number of benzene rings is 1. The molecule has 2 amide bonds. The van der Waals surface area contributed by atoms with E-state index in [0.717, 1.165) is 35.6 Å². The number of piperazine rings is 1. The van der Waals surface area contributed by atoms with E-state index in [1.54, 1.807) is 18.7 Å². The van der Waals surface area contributed by atoms with Crippen molar-refractivity contribution in [1.82, 2.24) is 34.0 Å². The van der Waals surface area contributed by atoms with Crippen LogP contribution < -0.4 is 16.2 Å². The van der Waals surface area contributed by atoms with Crippen LogP contribution in [0, 0.1) is 6.92 Å². The van der Waals surface area contributed by atoms with Crippen LogP contribution in [0.5, 0.6) is 5.75 Å². The van der Waals surface area contributed by atoms with Gasteiger partial charge in [0.15, 0.2) is 17.3 Å². The first-order chi connectivity index (χ1) is 21.8. The fraction of sp³-hybridized carbons (Fsp3) is 0.414. The molecule has 0 radical (unpaired) electrons. The van der Waals surface area contributed by atoms with Crippen molar-refractivity contribution in [2.75, 3.05) is 31.1 Å². The first-order valence-electron chi connectivity index (χ1n) is 14.6. The monoisotopic (exact) mass is 659 g/mol. The topological polar surface area (TPSA) is 165 Å². The molecule has 1 saturated heterocycles. The largest absolute Gasteiger partial charge is 0.504 e. The minimum Gasteiger partial charge on any atom is -0.504 e. The van der Waals surface area contributed by atoms with E-state index in [2.05, 4.69) is 20.1 Å². The lowest BCUT2D eigenvalue weighted by atomic mass is 10.0. The van der Waals surface area contributed by atoms with Crippen molar-refractivity contribution >= 4 is 34.9 Å². The summed E-state index contributed by atoms with van der Waals surface area (Å²) in [6, 6.07) is 1.21. The Kier molecular flexibility index (Phi) is 7.86. The fourth-order valence-electron chi connectivity index (χ4n) is 5.76. The van der Waals surface area contributed by atoms with Gasteiger partial charge in [-0.1, -0.05) is 24.6 Å². The van der Waals surface area contributed by atoms with Gasteiger partial charge in [-0.3, -0.25) is 19.0 Å². The third-order valence-corrected chi connectivity index (χ3v) is 8.63. The average Bonchev–Trinajstić information content (AvgIpc) is 3.77. The molecule has 2 fully saturated rings. The minimum atomic E-state index is -4.67. The SMILES string of the molecule is CCc1c(N2CCN(C(=O)c3ncnc(C)c3O)CC2)c(=O)n2nc(C3CC3)nc2n1C(C(N)=O)c1ccc(C(F)(F)F)cc1Cl. The van der Waals surface area contributed by atoms with E-state index >= 15 is 0 Å². The molecule has 17 heteroatoms. The lowest BCUT2D eigenvalue weighted by molar-refractivity contribution is -0.137. The smallest absolute Gasteiger partial charge is 0.416 e. The number of hydrogen-bond acceptors (Lipinski definition) is 9. The number of primary amides is 1. The van der Waals surface area contributed by atoms with Crippen molar-refractivity contribution in [1.29, 1.82) is 0 Å². The number of halogens is 4. The van der Waals surface area contributed by atoms with E-state index in [9.17, 15) is 32.7 Å². The maximum absolute atomic E-state index is 14.1. The van der Waals surface area contributed by atoms with Crippen LogP contribution in [0.2, 0.25) is 5.02 Å². The molecule has 2 aliphatic rings. The molecule has 13 nitrogen and oxygen atoms in total. The number of rotatable bonds is 7. The molecule has 4 aromatic rings. The Bertz CT molecular complexity index is 1930. The van der Waals surface area contributed by atoms with Crippen LogP contribution in [0.3, 0.4) is 0 Å². The van der Waals surface area contributed by atoms with E-state index < -0.39 is 35.2 Å². The van der Waals surface area contributed by atoms with Gasteiger partial charge in [0.25, 0.3) is 11.5 Å². The van der Waals surface area contributed by atoms with E-state index in [0.29, 0.717) is 11.5 Å². The standard InChI is InChI=1S/C29H29ClF3N9O4/c1-3-19-22(39-8-10-40(11-9-39)26(45)20-23(43)14(2)35-13-36-20)27(46)42-28(37-25(38-42)15-4-5-15)41(19)21(24(34)44)17-7-6-16(12-18(17)30)29(31,32)33/h6-7,12-13,15,21,43H,3-5,8-11H2,1-2H3,(H2,34,44). The normalized spacial score (nSPS) is 16.2. The summed E-state index contributed by atoms with van der Waals surface area (Å²) in [6.45, 7) is 4.02. The Balaban J connectivity index is 1.46. The van der Waals surface area contributed by atoms with E-state index in [1.807, 2.05) is 0 Å². The van der Waals surface area contributed by atoms with Crippen molar-refractivity contribution in [2.24, 2.45) is 5.73 Å². The van der Waals surface area contributed by atoms with Crippen LogP contribution in [0.15, 0.2) is 29.3 Å². The zero-order chi connectivity index (χ0) is 33.1. The molecule has 1 unspecified atom stereocenters. The van der Waals surface area contributed by atoms with Gasteiger partial charge in [0.05, 0.1) is 17.0 Å². The molecular weight excluding hydrogens is 631 g/mol. The summed E-state index contributed by atoms with van der Waals surface area (Å²) < 4.78 is 42.9. The number of nitrogens with two attached hydrogens (primary N) is 1. The molecule has 46 heavy (non-hydrogen) atoms. The van der Waals surface area contributed by atoms with Crippen LogP contribution in [0.4, 0.5) is 18.9 Å². The number of anilines is 1. The van der Waals surface area contributed by atoms with Gasteiger partial charge in [-0.15, -0.1) is 5.10 Å². The molecule has 3 N–H and O–H groups in total. The Hall–Kier alpha value is -4.73. The van der Waals surface area contributed by atoms with Crippen molar-refractivity contribution in [3.05, 3.63) is 73.9 Å². The number of carbonyl (C=O) groups is 2. The Morgan fingerprint density at radius 2 is 1.85 bits per heavy atom. The Morgan fingerprint density at radius 3 is 2.43 bits per heavy atom. The molecule has 3 aromatic heterocycles. The molecule has 1 atom stereocenters. The fourth-order valence-corrected chi connectivity index (χ4v) is 6.05. The molecule has 1 saturated carbocycles. The second kappa shape index (κ2) is 11.6. The number of carbonyl (C=O) groups excluding carboxylic acids is 2. The number of aromatic nitrogens is 6. The van der Waals surface area contributed by atoms with Crippen LogP contribution in [0.25, 0.3) is 5.78 Å². The Morgan fingerprint density at radius 1 is 1.15 bits per heavy atom. The van der Waals surface area contributed by atoms with Crippen LogP contribution in [0.1, 0.15) is 70.6 Å². The lowest BCUT2D eigenvalue weighted by Gasteiger charge is -2.37. The van der Waals surface area contributed by atoms with Gasteiger partial charge >= 0.3 is 6.18 Å². The molecule has 0 spiro atoms. The molecule has 6 rings (SSSR count). The van der Waals surface area contributed by atoms with Gasteiger partial charge in [-0.2, -0.15) is 22.7 Å². The third kappa shape index (κ3) is 5.39. The van der Waals surface area contributed by atoms with E-state index in [4.69, 9.17) is 17.3 Å². The highest BCUT2D eigenvalue weighted by Crippen LogP contribution is 2.40. The van der Waals surface area contributed by atoms with Crippen LogP contribution in [-0.4, -0.2) is 77.1 Å². The zero-order valence-electron chi connectivity index (χ0n) is 24.8. The van der Waals surface area contributed by atoms with Crippen molar-refractivity contribution in [2.45, 2.75) is 51.2 Å². The van der Waals surface area contributed by atoms with Gasteiger partial charge in [-0.25, -0.2) is 9.97 Å². The van der Waals surface area contributed by atoms with Gasteiger partial charge in [0, 0.05) is 42.7 Å². The van der Waals surface area contributed by atoms with Crippen molar-refractivity contribution < 1.29 is 27.9 Å². The second-order valence-electron chi connectivity index (χ2n) is 11.3. The van der Waals surface area contributed by atoms with Crippen molar-refractivity contribution in [3.8, 4) is 5.75 Å². The highest BCUT2D eigenvalue weighted by Gasteiger charge is 2.37. The summed E-state index contributed by atoms with van der Waals surface area (Å²) in [5.74, 6) is -1.30.